The van der Waals surface area contributed by atoms with E-state index >= 15 is 0 Å². The molecule has 0 saturated carbocycles. The number of rotatable bonds is 6. The molecule has 2 N–H and O–H groups in total. The lowest BCUT2D eigenvalue weighted by atomic mass is 10.0. The molecule has 4 aromatic rings. The molecule has 0 aliphatic heterocycles. The monoisotopic (exact) mass is 498 g/mol. The van der Waals surface area contributed by atoms with E-state index in [0.717, 1.165) is 20.8 Å². The maximum atomic E-state index is 12.8. The number of nitrogens with one attached hydrogen (secondary N) is 1. The van der Waals surface area contributed by atoms with Crippen LogP contribution in [0.2, 0.25) is 0 Å². The summed E-state index contributed by atoms with van der Waals surface area (Å²) in [6, 6.07) is 27.4. The van der Waals surface area contributed by atoms with Gasteiger partial charge in [0.05, 0.1) is 0 Å². The number of nitrogens with zero attached hydrogens (tertiary/aromatic N) is 1. The van der Waals surface area contributed by atoms with Crippen molar-refractivity contribution in [1.82, 2.24) is 0 Å². The molecule has 4 aromatic carbocycles. The van der Waals surface area contributed by atoms with Crippen molar-refractivity contribution in [3.05, 3.63) is 106 Å². The fraction of sp³-hybridized carbons (Fsp3) is 0.0370. The van der Waals surface area contributed by atoms with E-state index in [4.69, 9.17) is 4.74 Å². The van der Waals surface area contributed by atoms with Crippen molar-refractivity contribution in [2.24, 2.45) is 0 Å². The Morgan fingerprint density at radius 2 is 1.73 bits per heavy atom. The van der Waals surface area contributed by atoms with Gasteiger partial charge in [0.1, 0.15) is 29.7 Å². The van der Waals surface area contributed by atoms with E-state index in [9.17, 15) is 15.2 Å². The van der Waals surface area contributed by atoms with E-state index in [1.807, 2.05) is 66.7 Å². The van der Waals surface area contributed by atoms with Crippen molar-refractivity contribution in [3.63, 3.8) is 0 Å². The van der Waals surface area contributed by atoms with E-state index in [-0.39, 0.29) is 11.3 Å². The molecule has 0 aromatic heterocycles. The number of fused-ring (bicyclic) bond motifs is 1. The van der Waals surface area contributed by atoms with Gasteiger partial charge >= 0.3 is 0 Å². The lowest BCUT2D eigenvalue weighted by Gasteiger charge is -2.13. The lowest BCUT2D eigenvalue weighted by molar-refractivity contribution is -0.112. The molecule has 33 heavy (non-hydrogen) atoms. The van der Waals surface area contributed by atoms with Gasteiger partial charge in [-0.1, -0.05) is 58.4 Å². The second-order valence-corrected chi connectivity index (χ2v) is 8.20. The molecule has 4 rings (SSSR count). The number of carbonyl (C=O) groups excluding carboxylic acids is 1. The number of carbonyl (C=O) groups is 1. The number of hydrogen-bond acceptors (Lipinski definition) is 4. The molecular formula is C27H19BrN2O3. The number of aromatic hydroxyl groups is 1. The molecule has 1 amide bonds. The first-order valence-electron chi connectivity index (χ1n) is 10.1. The van der Waals surface area contributed by atoms with Crippen molar-refractivity contribution in [2.75, 3.05) is 5.32 Å². The zero-order valence-electron chi connectivity index (χ0n) is 17.5. The Morgan fingerprint density at radius 1 is 1.00 bits per heavy atom. The maximum absolute atomic E-state index is 12.8. The van der Waals surface area contributed by atoms with E-state index in [1.165, 1.54) is 12.1 Å². The van der Waals surface area contributed by atoms with Crippen LogP contribution in [0.25, 0.3) is 16.8 Å². The Kier molecular flexibility index (Phi) is 6.72. The largest absolute Gasteiger partial charge is 0.508 e. The zero-order chi connectivity index (χ0) is 23.2. The fourth-order valence-corrected chi connectivity index (χ4v) is 3.59. The third-order valence-corrected chi connectivity index (χ3v) is 5.55. The molecule has 0 unspecified atom stereocenters. The predicted molar refractivity (Wildman–Crippen MR) is 133 cm³/mol. The summed E-state index contributed by atoms with van der Waals surface area (Å²) in [6.45, 7) is 0.341. The minimum atomic E-state index is -0.546. The highest BCUT2D eigenvalue weighted by Gasteiger charge is 2.14. The molecule has 0 bridgehead atoms. The SMILES string of the molecule is N#C/C(=C\c1c(OCc2ccc(Br)cc2)ccc2ccccc12)C(=O)Nc1ccc(O)cc1. The summed E-state index contributed by atoms with van der Waals surface area (Å²) in [7, 11) is 0. The molecule has 0 saturated heterocycles. The smallest absolute Gasteiger partial charge is 0.266 e. The summed E-state index contributed by atoms with van der Waals surface area (Å²) < 4.78 is 7.08. The quantitative estimate of drug-likeness (QED) is 0.182. The van der Waals surface area contributed by atoms with Gasteiger partial charge in [0, 0.05) is 15.7 Å². The molecular weight excluding hydrogens is 480 g/mol. The summed E-state index contributed by atoms with van der Waals surface area (Å²) in [5, 5.41) is 23.7. The highest BCUT2D eigenvalue weighted by Crippen LogP contribution is 2.31. The van der Waals surface area contributed by atoms with Crippen molar-refractivity contribution < 1.29 is 14.6 Å². The molecule has 0 aliphatic rings. The molecule has 0 atom stereocenters. The molecule has 0 radical (unpaired) electrons. The van der Waals surface area contributed by atoms with Crippen molar-refractivity contribution in [1.29, 1.82) is 5.26 Å². The third-order valence-electron chi connectivity index (χ3n) is 5.02. The maximum Gasteiger partial charge on any atom is 0.266 e. The Balaban J connectivity index is 1.68. The minimum Gasteiger partial charge on any atom is -0.508 e. The second kappa shape index (κ2) is 10.0. The van der Waals surface area contributed by atoms with Gasteiger partial charge in [-0.25, -0.2) is 0 Å². The average molecular weight is 499 g/mol. The van der Waals surface area contributed by atoms with Gasteiger partial charge in [-0.05, 0) is 64.9 Å². The molecule has 0 spiro atoms. The van der Waals surface area contributed by atoms with Crippen LogP contribution in [-0.2, 0) is 11.4 Å². The zero-order valence-corrected chi connectivity index (χ0v) is 19.0. The number of anilines is 1. The highest BCUT2D eigenvalue weighted by molar-refractivity contribution is 9.10. The van der Waals surface area contributed by atoms with Gasteiger partial charge in [0.25, 0.3) is 5.91 Å². The Bertz CT molecular complexity index is 1370. The second-order valence-electron chi connectivity index (χ2n) is 7.28. The van der Waals surface area contributed by atoms with E-state index in [2.05, 4.69) is 21.2 Å². The van der Waals surface area contributed by atoms with Crippen LogP contribution >= 0.6 is 15.9 Å². The Morgan fingerprint density at radius 3 is 2.45 bits per heavy atom. The predicted octanol–water partition coefficient (Wildman–Crippen LogP) is 6.43. The van der Waals surface area contributed by atoms with Crippen LogP contribution in [0.4, 0.5) is 5.69 Å². The summed E-state index contributed by atoms with van der Waals surface area (Å²) in [5.74, 6) is 0.115. The van der Waals surface area contributed by atoms with Crippen molar-refractivity contribution in [3.8, 4) is 17.6 Å². The van der Waals surface area contributed by atoms with Crippen LogP contribution in [0.3, 0.4) is 0 Å². The first-order chi connectivity index (χ1) is 16.0. The molecule has 0 fully saturated rings. The van der Waals surface area contributed by atoms with E-state index in [0.29, 0.717) is 23.6 Å². The third kappa shape index (κ3) is 5.40. The minimum absolute atomic E-state index is 0.0621. The number of nitriles is 1. The summed E-state index contributed by atoms with van der Waals surface area (Å²) in [6.07, 6.45) is 1.55. The van der Waals surface area contributed by atoms with E-state index in [1.54, 1.807) is 18.2 Å². The van der Waals surface area contributed by atoms with Gasteiger partial charge in [0.2, 0.25) is 0 Å². The molecule has 0 aliphatic carbocycles. The number of halogens is 1. The molecule has 6 heteroatoms. The fourth-order valence-electron chi connectivity index (χ4n) is 3.33. The first-order valence-corrected chi connectivity index (χ1v) is 10.9. The van der Waals surface area contributed by atoms with Crippen LogP contribution in [0.5, 0.6) is 11.5 Å². The Labute approximate surface area is 199 Å². The van der Waals surface area contributed by atoms with Crippen LogP contribution in [0.1, 0.15) is 11.1 Å². The average Bonchev–Trinajstić information content (AvgIpc) is 2.84. The van der Waals surface area contributed by atoms with Crippen LogP contribution < -0.4 is 10.1 Å². The standard InChI is InChI=1S/C27H19BrN2O3/c28-21-8-5-18(6-9-21)17-33-26-14-7-19-3-1-2-4-24(19)25(26)15-20(16-29)27(32)30-22-10-12-23(31)13-11-22/h1-15,31H,17H2,(H,30,32)/b20-15+. The van der Waals surface area contributed by atoms with Crippen LogP contribution in [0.15, 0.2) is 95.0 Å². The van der Waals surface area contributed by atoms with Gasteiger partial charge in [-0.2, -0.15) is 5.26 Å². The van der Waals surface area contributed by atoms with Crippen LogP contribution in [0, 0.1) is 11.3 Å². The Hall–Kier alpha value is -4.08. The van der Waals surface area contributed by atoms with Crippen molar-refractivity contribution >= 4 is 44.4 Å². The van der Waals surface area contributed by atoms with Gasteiger partial charge < -0.3 is 15.2 Å². The number of phenolic OH excluding ortho intramolecular Hbond substituents is 1. The number of phenols is 1. The van der Waals surface area contributed by atoms with Crippen molar-refractivity contribution in [2.45, 2.75) is 6.61 Å². The summed E-state index contributed by atoms with van der Waals surface area (Å²) >= 11 is 3.43. The molecule has 5 nitrogen and oxygen atoms in total. The van der Waals surface area contributed by atoms with Crippen LogP contribution in [-0.4, -0.2) is 11.0 Å². The van der Waals surface area contributed by atoms with Gasteiger partial charge in [-0.15, -0.1) is 0 Å². The summed E-state index contributed by atoms with van der Waals surface area (Å²) in [5.41, 5.74) is 2.06. The first kappa shape index (κ1) is 22.1. The van der Waals surface area contributed by atoms with E-state index < -0.39 is 5.91 Å². The van der Waals surface area contributed by atoms with Gasteiger partial charge in [0.15, 0.2) is 0 Å². The van der Waals surface area contributed by atoms with Gasteiger partial charge in [-0.3, -0.25) is 4.79 Å². The normalized spacial score (nSPS) is 11.1. The topological polar surface area (TPSA) is 82.3 Å². The number of benzene rings is 4. The highest BCUT2D eigenvalue weighted by atomic mass is 79.9. The molecule has 162 valence electrons. The number of amides is 1. The number of ether oxygens (including phenoxy) is 1. The summed E-state index contributed by atoms with van der Waals surface area (Å²) in [4.78, 5) is 12.8. The number of hydrogen-bond donors (Lipinski definition) is 2. The lowest BCUT2D eigenvalue weighted by Crippen LogP contribution is -2.13. The molecule has 0 heterocycles.